The predicted molar refractivity (Wildman–Crippen MR) is 147 cm³/mol. The van der Waals surface area contributed by atoms with E-state index in [0.717, 1.165) is 27.3 Å². The number of nitrogens with one attached hydrogen (secondary N) is 2. The highest BCUT2D eigenvalue weighted by molar-refractivity contribution is 8.00. The van der Waals surface area contributed by atoms with Crippen molar-refractivity contribution in [2.24, 2.45) is 0 Å². The first kappa shape index (κ1) is 25.7. The molecule has 37 heavy (non-hydrogen) atoms. The fraction of sp³-hybridized carbons (Fsp3) is 0.103. The number of carbonyl (C=O) groups excluding carboxylic acids is 2. The molecule has 4 aromatic carbocycles. The number of benzene rings is 4. The Morgan fingerprint density at radius 1 is 0.838 bits per heavy atom. The Morgan fingerprint density at radius 2 is 1.54 bits per heavy atom. The van der Waals surface area contributed by atoms with Crippen molar-refractivity contribution in [2.75, 3.05) is 10.6 Å². The van der Waals surface area contributed by atoms with E-state index in [4.69, 9.17) is 0 Å². The van der Waals surface area contributed by atoms with Crippen LogP contribution < -0.4 is 10.6 Å². The number of nitro benzene ring substituents is 1. The highest BCUT2D eigenvalue weighted by Gasteiger charge is 2.23. The molecule has 0 bridgehead atoms. The van der Waals surface area contributed by atoms with Gasteiger partial charge in [-0.2, -0.15) is 0 Å². The summed E-state index contributed by atoms with van der Waals surface area (Å²) in [5.41, 5.74) is 4.52. The highest BCUT2D eigenvalue weighted by Crippen LogP contribution is 2.37. The Bertz CT molecular complexity index is 1440. The minimum Gasteiger partial charge on any atom is -0.325 e. The van der Waals surface area contributed by atoms with Gasteiger partial charge < -0.3 is 10.6 Å². The number of anilines is 2. The first-order valence-electron chi connectivity index (χ1n) is 11.6. The van der Waals surface area contributed by atoms with Crippen LogP contribution in [0.3, 0.4) is 0 Å². The molecule has 0 aliphatic carbocycles. The molecule has 0 saturated heterocycles. The Balaban J connectivity index is 1.54. The molecule has 4 rings (SSSR count). The molecule has 4 aromatic rings. The molecule has 1 atom stereocenters. The van der Waals surface area contributed by atoms with Gasteiger partial charge in [0.2, 0.25) is 5.91 Å². The number of hydrogen-bond acceptors (Lipinski definition) is 5. The van der Waals surface area contributed by atoms with Gasteiger partial charge in [-0.25, -0.2) is 0 Å². The van der Waals surface area contributed by atoms with Crippen LogP contribution >= 0.6 is 11.8 Å². The van der Waals surface area contributed by atoms with Crippen LogP contribution in [0.2, 0.25) is 0 Å². The number of thioether (sulfide) groups is 1. The highest BCUT2D eigenvalue weighted by atomic mass is 32.2. The lowest BCUT2D eigenvalue weighted by atomic mass is 10.1. The Kier molecular flexibility index (Phi) is 8.00. The molecular weight excluding hydrogens is 486 g/mol. The van der Waals surface area contributed by atoms with Crippen molar-refractivity contribution in [1.82, 2.24) is 0 Å². The smallest absolute Gasteiger partial charge is 0.269 e. The van der Waals surface area contributed by atoms with E-state index < -0.39 is 10.2 Å². The number of nitro groups is 1. The minimum absolute atomic E-state index is 0.0824. The second-order valence-corrected chi connectivity index (χ2v) is 9.61. The Morgan fingerprint density at radius 3 is 2.24 bits per heavy atom. The second kappa shape index (κ2) is 11.5. The van der Waals surface area contributed by atoms with E-state index in [-0.39, 0.29) is 17.5 Å². The summed E-state index contributed by atoms with van der Waals surface area (Å²) < 4.78 is 0. The van der Waals surface area contributed by atoms with Gasteiger partial charge in [0.05, 0.1) is 4.92 Å². The first-order chi connectivity index (χ1) is 17.8. The van der Waals surface area contributed by atoms with Crippen LogP contribution in [-0.2, 0) is 4.79 Å². The van der Waals surface area contributed by atoms with Gasteiger partial charge in [0, 0.05) is 34.0 Å². The molecule has 0 aliphatic heterocycles. The van der Waals surface area contributed by atoms with Gasteiger partial charge >= 0.3 is 0 Å². The molecule has 0 fully saturated rings. The van der Waals surface area contributed by atoms with Crippen molar-refractivity contribution in [3.8, 4) is 0 Å². The first-order valence-corrected chi connectivity index (χ1v) is 12.4. The molecule has 0 aromatic heterocycles. The van der Waals surface area contributed by atoms with Crippen molar-refractivity contribution in [1.29, 1.82) is 0 Å². The number of amides is 2. The van der Waals surface area contributed by atoms with Crippen LogP contribution in [0.5, 0.6) is 0 Å². The largest absolute Gasteiger partial charge is 0.325 e. The predicted octanol–water partition coefficient (Wildman–Crippen LogP) is 6.94. The monoisotopic (exact) mass is 511 g/mol. The molecule has 2 N–H and O–H groups in total. The topological polar surface area (TPSA) is 101 Å². The summed E-state index contributed by atoms with van der Waals surface area (Å²) in [6.45, 7) is 3.98. The van der Waals surface area contributed by atoms with Crippen LogP contribution in [0.1, 0.15) is 32.3 Å². The molecule has 0 saturated carbocycles. The van der Waals surface area contributed by atoms with Crippen LogP contribution in [0, 0.1) is 24.0 Å². The normalized spacial score (nSPS) is 11.4. The molecule has 1 unspecified atom stereocenters. The molecular formula is C29H25N3O4S. The van der Waals surface area contributed by atoms with Gasteiger partial charge in [-0.15, -0.1) is 11.8 Å². The third kappa shape index (κ3) is 6.42. The summed E-state index contributed by atoms with van der Waals surface area (Å²) in [4.78, 5) is 37.3. The molecule has 0 radical (unpaired) electrons. The van der Waals surface area contributed by atoms with E-state index in [1.807, 2.05) is 68.4 Å². The van der Waals surface area contributed by atoms with E-state index in [1.54, 1.807) is 18.2 Å². The van der Waals surface area contributed by atoms with Crippen molar-refractivity contribution in [3.63, 3.8) is 0 Å². The molecule has 0 aliphatic rings. The van der Waals surface area contributed by atoms with Crippen LogP contribution in [0.4, 0.5) is 17.1 Å². The van der Waals surface area contributed by atoms with E-state index in [2.05, 4.69) is 10.6 Å². The Hall–Kier alpha value is -4.43. The molecule has 0 spiro atoms. The van der Waals surface area contributed by atoms with Gasteiger partial charge in [-0.3, -0.25) is 19.7 Å². The molecule has 0 heterocycles. The number of rotatable bonds is 8. The molecule has 8 heteroatoms. The van der Waals surface area contributed by atoms with Crippen LogP contribution in [0.25, 0.3) is 0 Å². The van der Waals surface area contributed by atoms with Crippen molar-refractivity contribution in [2.45, 2.75) is 24.0 Å². The lowest BCUT2D eigenvalue weighted by molar-refractivity contribution is -0.384. The summed E-state index contributed by atoms with van der Waals surface area (Å²) in [7, 11) is 0. The fourth-order valence-electron chi connectivity index (χ4n) is 3.71. The van der Waals surface area contributed by atoms with E-state index in [0.29, 0.717) is 11.3 Å². The zero-order chi connectivity index (χ0) is 26.4. The SMILES string of the molecule is Cc1cccc(NC(=O)C(Sc2cccc(NC(=O)c3ccc([N+](=O)[O-])cc3)c2)c2ccccc2)c1C. The number of carbonyl (C=O) groups is 2. The molecule has 7 nitrogen and oxygen atoms in total. The zero-order valence-electron chi connectivity index (χ0n) is 20.3. The summed E-state index contributed by atoms with van der Waals surface area (Å²) in [5, 5.41) is 16.2. The Labute approximate surface area is 219 Å². The number of aryl methyl sites for hydroxylation is 1. The number of hydrogen-bond donors (Lipinski definition) is 2. The van der Waals surface area contributed by atoms with Crippen LogP contribution in [-0.4, -0.2) is 16.7 Å². The quantitative estimate of drug-likeness (QED) is 0.152. The summed E-state index contributed by atoms with van der Waals surface area (Å²) >= 11 is 1.38. The summed E-state index contributed by atoms with van der Waals surface area (Å²) in [6, 6.07) is 28.0. The van der Waals surface area contributed by atoms with E-state index >= 15 is 0 Å². The minimum atomic E-state index is -0.526. The maximum Gasteiger partial charge on any atom is 0.269 e. The van der Waals surface area contributed by atoms with E-state index in [1.165, 1.54) is 36.0 Å². The van der Waals surface area contributed by atoms with E-state index in [9.17, 15) is 19.7 Å². The van der Waals surface area contributed by atoms with Gasteiger partial charge in [-0.1, -0.05) is 48.5 Å². The molecule has 2 amide bonds. The lowest BCUT2D eigenvalue weighted by Crippen LogP contribution is -2.19. The number of nitrogens with zero attached hydrogens (tertiary/aromatic N) is 1. The third-order valence-corrected chi connectivity index (χ3v) is 7.14. The standard InChI is InChI=1S/C29H25N3O4S/c1-19-8-6-13-26(20(19)2)31-29(34)27(21-9-4-3-5-10-21)37-25-12-7-11-23(18-25)30-28(33)22-14-16-24(17-15-22)32(35)36/h3-18,27H,1-2H3,(H,30,33)(H,31,34). The van der Waals surface area contributed by atoms with Gasteiger partial charge in [-0.05, 0) is 66.9 Å². The zero-order valence-corrected chi connectivity index (χ0v) is 21.1. The van der Waals surface area contributed by atoms with Gasteiger partial charge in [0.15, 0.2) is 0 Å². The van der Waals surface area contributed by atoms with Gasteiger partial charge in [0.25, 0.3) is 11.6 Å². The molecule has 186 valence electrons. The van der Waals surface area contributed by atoms with Gasteiger partial charge in [0.1, 0.15) is 5.25 Å². The summed E-state index contributed by atoms with van der Waals surface area (Å²) in [5.74, 6) is -0.533. The average Bonchev–Trinajstić information content (AvgIpc) is 2.90. The fourth-order valence-corrected chi connectivity index (χ4v) is 4.79. The average molecular weight is 512 g/mol. The number of non-ortho nitro benzene ring substituents is 1. The van der Waals surface area contributed by atoms with Crippen molar-refractivity contribution in [3.05, 3.63) is 129 Å². The van der Waals surface area contributed by atoms with Crippen molar-refractivity contribution >= 4 is 40.6 Å². The second-order valence-electron chi connectivity index (χ2n) is 8.43. The van der Waals surface area contributed by atoms with Crippen molar-refractivity contribution < 1.29 is 14.5 Å². The summed E-state index contributed by atoms with van der Waals surface area (Å²) in [6.07, 6.45) is 0. The lowest BCUT2D eigenvalue weighted by Gasteiger charge is -2.19. The third-order valence-electron chi connectivity index (χ3n) is 5.89. The maximum absolute atomic E-state index is 13.5. The maximum atomic E-state index is 13.5. The van der Waals surface area contributed by atoms with Crippen LogP contribution in [0.15, 0.2) is 102 Å².